The zero-order valence-electron chi connectivity index (χ0n) is 16.2. The molecular weight excluding hydrogens is 412 g/mol. The second kappa shape index (κ2) is 10.7. The minimum Gasteiger partial charge on any atom is -0.371 e. The van der Waals surface area contributed by atoms with E-state index in [0.29, 0.717) is 12.1 Å². The molecule has 0 radical (unpaired) electrons. The molecule has 1 aromatic rings. The minimum atomic E-state index is -4.94. The molecule has 1 amide bonds. The second-order valence-electron chi connectivity index (χ2n) is 6.84. The van der Waals surface area contributed by atoms with Crippen molar-refractivity contribution in [2.75, 3.05) is 6.61 Å². The Morgan fingerprint density at radius 2 is 1.63 bits per heavy atom. The normalized spacial score (nSPS) is 15.2. The highest BCUT2D eigenvalue weighted by molar-refractivity contribution is 5.88. The van der Waals surface area contributed by atoms with Gasteiger partial charge in [-0.15, -0.1) is 6.58 Å². The summed E-state index contributed by atoms with van der Waals surface area (Å²) in [4.78, 5) is 11.8. The Labute approximate surface area is 172 Å². The van der Waals surface area contributed by atoms with E-state index in [4.69, 9.17) is 4.74 Å². The average Bonchev–Trinajstić information content (AvgIpc) is 2.58. The molecule has 9 heteroatoms. The number of allylic oxidation sites excluding steroid dienone is 1. The molecule has 0 aliphatic rings. The van der Waals surface area contributed by atoms with Crippen molar-refractivity contribution in [2.24, 2.45) is 0 Å². The summed E-state index contributed by atoms with van der Waals surface area (Å²) in [6, 6.07) is 1.32. The van der Waals surface area contributed by atoms with Crippen molar-refractivity contribution in [3.8, 4) is 0 Å². The van der Waals surface area contributed by atoms with Gasteiger partial charge < -0.3 is 10.1 Å². The van der Waals surface area contributed by atoms with Gasteiger partial charge in [-0.05, 0) is 57.0 Å². The number of hydrogen-bond donors (Lipinski definition) is 1. The lowest BCUT2D eigenvalue weighted by Gasteiger charge is -2.31. The minimum absolute atomic E-state index is 0. The summed E-state index contributed by atoms with van der Waals surface area (Å²) < 4.78 is 83.6. The van der Waals surface area contributed by atoms with Crippen LogP contribution in [0.2, 0.25) is 0 Å². The average molecular weight is 439 g/mol. The van der Waals surface area contributed by atoms with Crippen molar-refractivity contribution >= 4 is 5.91 Å². The number of amides is 1. The van der Waals surface area contributed by atoms with Gasteiger partial charge in [-0.2, -0.15) is 26.3 Å². The molecule has 30 heavy (non-hydrogen) atoms. The van der Waals surface area contributed by atoms with Crippen LogP contribution in [-0.4, -0.2) is 18.1 Å². The topological polar surface area (TPSA) is 38.3 Å². The van der Waals surface area contributed by atoms with Crippen LogP contribution in [0.25, 0.3) is 0 Å². The van der Waals surface area contributed by atoms with Crippen LogP contribution in [0.15, 0.2) is 43.0 Å². The lowest BCUT2D eigenvalue weighted by Crippen LogP contribution is -2.48. The number of carbonyl (C=O) groups excluding carboxylic acids is 1. The molecule has 0 fully saturated rings. The number of halogens is 6. The Hall–Kier alpha value is -2.29. The Kier molecular flexibility index (Phi) is 9.84. The number of ether oxygens (including phenoxy) is 1. The standard InChI is InChI=1S/C20H23F6NO2.CH4/c1-5-7-17(28)27-18(4,8-6-2)12-29-13(3)14-9-15(19(21,22)23)11-16(10-14)20(24,25)26;/h5-7,9-11,13H,2,8,12H2,1,3-4H3,(H,27,28);1H4/b7-5+;/t13-,18-;/m1./s1. The fourth-order valence-corrected chi connectivity index (χ4v) is 2.57. The molecule has 1 rings (SSSR count). The summed E-state index contributed by atoms with van der Waals surface area (Å²) >= 11 is 0. The van der Waals surface area contributed by atoms with E-state index in [1.807, 2.05) is 0 Å². The van der Waals surface area contributed by atoms with Gasteiger partial charge in [-0.25, -0.2) is 0 Å². The summed E-state index contributed by atoms with van der Waals surface area (Å²) in [7, 11) is 0. The van der Waals surface area contributed by atoms with Crippen molar-refractivity contribution in [3.05, 3.63) is 59.7 Å². The molecule has 0 saturated carbocycles. The fourth-order valence-electron chi connectivity index (χ4n) is 2.57. The van der Waals surface area contributed by atoms with Gasteiger partial charge in [0.25, 0.3) is 0 Å². The highest BCUT2D eigenvalue weighted by Gasteiger charge is 2.37. The molecular formula is C21H27F6NO2. The third-order valence-corrected chi connectivity index (χ3v) is 4.07. The van der Waals surface area contributed by atoms with Crippen LogP contribution < -0.4 is 5.32 Å². The third kappa shape index (κ3) is 8.22. The monoisotopic (exact) mass is 439 g/mol. The van der Waals surface area contributed by atoms with Gasteiger partial charge in [0, 0.05) is 0 Å². The first kappa shape index (κ1) is 27.7. The predicted octanol–water partition coefficient (Wildman–Crippen LogP) is 6.47. The number of benzene rings is 1. The van der Waals surface area contributed by atoms with Gasteiger partial charge in [-0.3, -0.25) is 4.79 Å². The molecule has 0 aliphatic carbocycles. The largest absolute Gasteiger partial charge is 0.416 e. The van der Waals surface area contributed by atoms with Crippen LogP contribution in [0.4, 0.5) is 26.3 Å². The first-order valence-electron chi connectivity index (χ1n) is 8.68. The summed E-state index contributed by atoms with van der Waals surface area (Å²) in [5, 5.41) is 2.69. The molecule has 0 spiro atoms. The van der Waals surface area contributed by atoms with Crippen molar-refractivity contribution in [2.45, 2.75) is 58.6 Å². The van der Waals surface area contributed by atoms with Crippen molar-refractivity contribution in [1.82, 2.24) is 5.32 Å². The highest BCUT2D eigenvalue weighted by atomic mass is 19.4. The summed E-state index contributed by atoms with van der Waals surface area (Å²) in [5.41, 5.74) is -4.03. The molecule has 3 nitrogen and oxygen atoms in total. The first-order valence-corrected chi connectivity index (χ1v) is 8.68. The zero-order valence-corrected chi connectivity index (χ0v) is 16.2. The van der Waals surface area contributed by atoms with E-state index in [9.17, 15) is 31.1 Å². The quantitative estimate of drug-likeness (QED) is 0.287. The lowest BCUT2D eigenvalue weighted by molar-refractivity contribution is -0.143. The van der Waals surface area contributed by atoms with Gasteiger partial charge in [0.2, 0.25) is 5.91 Å². The van der Waals surface area contributed by atoms with E-state index in [2.05, 4.69) is 11.9 Å². The Bertz CT molecular complexity index is 723. The molecule has 2 atom stereocenters. The Morgan fingerprint density at radius 3 is 2.03 bits per heavy atom. The predicted molar refractivity (Wildman–Crippen MR) is 104 cm³/mol. The van der Waals surface area contributed by atoms with Gasteiger partial charge >= 0.3 is 12.4 Å². The molecule has 0 aromatic heterocycles. The molecule has 0 unspecified atom stereocenters. The van der Waals surface area contributed by atoms with Gasteiger partial charge in [0.1, 0.15) is 0 Å². The maximum absolute atomic E-state index is 13.0. The third-order valence-electron chi connectivity index (χ3n) is 4.07. The van der Waals surface area contributed by atoms with Crippen LogP contribution in [-0.2, 0) is 21.9 Å². The molecule has 1 aromatic carbocycles. The van der Waals surface area contributed by atoms with Gasteiger partial charge in [-0.1, -0.05) is 19.6 Å². The Balaban J connectivity index is 0.00000841. The van der Waals surface area contributed by atoms with E-state index in [0.717, 1.165) is 0 Å². The van der Waals surface area contributed by atoms with E-state index < -0.39 is 41.0 Å². The van der Waals surface area contributed by atoms with Crippen LogP contribution in [0.3, 0.4) is 0 Å². The maximum atomic E-state index is 13.0. The van der Waals surface area contributed by atoms with Crippen LogP contribution in [0, 0.1) is 0 Å². The number of alkyl halides is 6. The summed E-state index contributed by atoms with van der Waals surface area (Å²) in [6.07, 6.45) is -6.35. The summed E-state index contributed by atoms with van der Waals surface area (Å²) in [5.74, 6) is -0.411. The molecule has 0 saturated heterocycles. The first-order chi connectivity index (χ1) is 13.2. The summed E-state index contributed by atoms with van der Waals surface area (Å²) in [6.45, 7) is 8.06. The smallest absolute Gasteiger partial charge is 0.371 e. The van der Waals surface area contributed by atoms with Crippen molar-refractivity contribution in [3.63, 3.8) is 0 Å². The van der Waals surface area contributed by atoms with Crippen LogP contribution >= 0.6 is 0 Å². The Morgan fingerprint density at radius 1 is 1.13 bits per heavy atom. The SMILES string of the molecule is C.C=CC[C@](C)(CO[C@H](C)c1cc(C(F)(F)F)cc(C(F)(F)F)c1)NC(=O)/C=C/C. The molecule has 0 bridgehead atoms. The second-order valence-corrected chi connectivity index (χ2v) is 6.84. The van der Waals surface area contributed by atoms with Crippen LogP contribution in [0.1, 0.15) is 57.4 Å². The lowest BCUT2D eigenvalue weighted by atomic mass is 9.98. The van der Waals surface area contributed by atoms with Gasteiger partial charge in [0.05, 0.1) is 29.4 Å². The molecule has 0 heterocycles. The van der Waals surface area contributed by atoms with E-state index in [1.165, 1.54) is 25.2 Å². The van der Waals surface area contributed by atoms with E-state index >= 15 is 0 Å². The maximum Gasteiger partial charge on any atom is 0.416 e. The van der Waals surface area contributed by atoms with E-state index in [1.54, 1.807) is 13.8 Å². The van der Waals surface area contributed by atoms with Crippen molar-refractivity contribution < 1.29 is 35.9 Å². The molecule has 0 aliphatic heterocycles. The highest BCUT2D eigenvalue weighted by Crippen LogP contribution is 2.38. The zero-order chi connectivity index (χ0) is 22.5. The number of nitrogens with one attached hydrogen (secondary N) is 1. The van der Waals surface area contributed by atoms with Crippen molar-refractivity contribution in [1.29, 1.82) is 0 Å². The molecule has 1 N–H and O–H groups in total. The number of rotatable bonds is 8. The van der Waals surface area contributed by atoms with Crippen LogP contribution in [0.5, 0.6) is 0 Å². The number of hydrogen-bond acceptors (Lipinski definition) is 2. The molecule has 170 valence electrons. The number of carbonyl (C=O) groups is 1. The van der Waals surface area contributed by atoms with E-state index in [-0.39, 0.29) is 32.1 Å². The fraction of sp³-hybridized carbons (Fsp3) is 0.476. The van der Waals surface area contributed by atoms with Gasteiger partial charge in [0.15, 0.2) is 0 Å².